The molecule has 2 aromatic carbocycles. The molecule has 10 nitrogen and oxygen atoms in total. The minimum atomic E-state index is -4.42. The highest BCUT2D eigenvalue weighted by atomic mass is 32.2. The zero-order chi connectivity index (χ0) is 32.4. The lowest BCUT2D eigenvalue weighted by atomic mass is 10.0. The van der Waals surface area contributed by atoms with Gasteiger partial charge in [0, 0.05) is 36.8 Å². The number of hydrogen-bond acceptors (Lipinski definition) is 8. The number of carbonyl (C=O) groups is 1. The normalized spacial score (nSPS) is 18.7. The van der Waals surface area contributed by atoms with Gasteiger partial charge in [-0.25, -0.2) is 8.42 Å². The van der Waals surface area contributed by atoms with Crippen molar-refractivity contribution in [1.82, 2.24) is 15.0 Å². The Morgan fingerprint density at radius 2 is 1.86 bits per heavy atom. The third-order valence-corrected chi connectivity index (χ3v) is 9.26. The minimum absolute atomic E-state index is 0.0683. The molecule has 4 rings (SSSR count). The van der Waals surface area contributed by atoms with Crippen molar-refractivity contribution in [3.8, 4) is 5.75 Å². The number of aliphatic hydroxyl groups excluding tert-OH is 1. The summed E-state index contributed by atoms with van der Waals surface area (Å²) >= 11 is 0. The van der Waals surface area contributed by atoms with Crippen molar-refractivity contribution in [2.75, 3.05) is 31.5 Å². The van der Waals surface area contributed by atoms with Gasteiger partial charge in [-0.15, -0.1) is 0 Å². The number of amides is 1. The maximum absolute atomic E-state index is 13.5. The number of aryl methyl sites for hydroxylation is 2. The number of rotatable bonds is 9. The molecule has 2 heterocycles. The Balaban J connectivity index is 1.61. The molecule has 2 N–H and O–H groups in total. The van der Waals surface area contributed by atoms with Gasteiger partial charge in [0.2, 0.25) is 5.91 Å². The molecule has 44 heavy (non-hydrogen) atoms. The van der Waals surface area contributed by atoms with E-state index in [0.717, 1.165) is 12.1 Å². The number of fused-ring (bicyclic) bond motifs is 1. The van der Waals surface area contributed by atoms with Crippen LogP contribution in [0.3, 0.4) is 0 Å². The van der Waals surface area contributed by atoms with Gasteiger partial charge in [0.1, 0.15) is 17.5 Å². The first-order valence-corrected chi connectivity index (χ1v) is 15.6. The molecule has 1 aliphatic heterocycles. The van der Waals surface area contributed by atoms with Crippen molar-refractivity contribution >= 4 is 21.6 Å². The molecule has 1 aliphatic rings. The van der Waals surface area contributed by atoms with Crippen molar-refractivity contribution in [3.05, 3.63) is 70.6 Å². The number of carbonyl (C=O) groups excluding carboxylic acids is 1. The minimum Gasteiger partial charge on any atom is -0.488 e. The Hall–Kier alpha value is -3.62. The standard InChI is InChI=1S/C30H37F3N4O6S/c1-18-14-37(19(2)17-38)28(39)13-23-12-25(35-44(40,41)29-20(3)34-43-21(29)4)10-11-26(23)42-27(18)16-36(5)15-22-6-8-24(9-7-22)30(31,32)33/h6-12,18-19,27,35,38H,13-17H2,1-5H3/t18-,19-,27+/m0/s1. The number of anilines is 1. The number of halogens is 3. The van der Waals surface area contributed by atoms with Crippen LogP contribution in [-0.2, 0) is 34.0 Å². The zero-order valence-corrected chi connectivity index (χ0v) is 26.0. The molecule has 0 bridgehead atoms. The molecule has 0 fully saturated rings. The number of hydrogen-bond donors (Lipinski definition) is 2. The van der Waals surface area contributed by atoms with Crippen LogP contribution in [0.15, 0.2) is 51.9 Å². The van der Waals surface area contributed by atoms with Crippen molar-refractivity contribution < 1.29 is 40.8 Å². The Bertz CT molecular complexity index is 1560. The number of likely N-dealkylation sites (N-methyl/N-ethyl adjacent to an activating group) is 1. The Labute approximate surface area is 254 Å². The quantitative estimate of drug-likeness (QED) is 0.354. The van der Waals surface area contributed by atoms with E-state index in [1.165, 1.54) is 26.0 Å². The van der Waals surface area contributed by atoms with Crippen molar-refractivity contribution in [2.45, 2.75) is 63.9 Å². The molecule has 1 amide bonds. The van der Waals surface area contributed by atoms with Gasteiger partial charge in [0.15, 0.2) is 10.7 Å². The van der Waals surface area contributed by atoms with Crippen molar-refractivity contribution in [3.63, 3.8) is 0 Å². The van der Waals surface area contributed by atoms with Gasteiger partial charge >= 0.3 is 6.18 Å². The molecule has 3 atom stereocenters. The topological polar surface area (TPSA) is 125 Å². The molecule has 0 saturated carbocycles. The fraction of sp³-hybridized carbons (Fsp3) is 0.467. The molecule has 0 saturated heterocycles. The van der Waals surface area contributed by atoms with Gasteiger partial charge in [0.05, 0.1) is 24.6 Å². The van der Waals surface area contributed by atoms with E-state index in [9.17, 15) is 31.5 Å². The van der Waals surface area contributed by atoms with E-state index >= 15 is 0 Å². The summed E-state index contributed by atoms with van der Waals surface area (Å²) in [6, 6.07) is 9.20. The second kappa shape index (κ2) is 13.2. The lowest BCUT2D eigenvalue weighted by Crippen LogP contribution is -2.47. The van der Waals surface area contributed by atoms with Crippen LogP contribution < -0.4 is 9.46 Å². The van der Waals surface area contributed by atoms with E-state index in [4.69, 9.17) is 9.26 Å². The van der Waals surface area contributed by atoms with Crippen LogP contribution in [-0.4, -0.2) is 73.3 Å². The number of aliphatic hydroxyl groups is 1. The first-order chi connectivity index (χ1) is 20.6. The summed E-state index contributed by atoms with van der Waals surface area (Å²) in [7, 11) is -2.22. The molecule has 3 aromatic rings. The van der Waals surface area contributed by atoms with Crippen molar-refractivity contribution in [1.29, 1.82) is 0 Å². The van der Waals surface area contributed by atoms with E-state index in [2.05, 4.69) is 9.88 Å². The molecule has 1 aromatic heterocycles. The van der Waals surface area contributed by atoms with Gasteiger partial charge in [-0.05, 0) is 63.7 Å². The van der Waals surface area contributed by atoms with E-state index in [1.807, 2.05) is 18.9 Å². The third-order valence-electron chi connectivity index (χ3n) is 7.63. The molecular formula is C30H37F3N4O6S. The number of benzene rings is 2. The van der Waals surface area contributed by atoms with E-state index in [1.54, 1.807) is 30.0 Å². The number of aromatic nitrogens is 1. The third kappa shape index (κ3) is 7.71. The molecule has 240 valence electrons. The van der Waals surface area contributed by atoms with Gasteiger partial charge in [0.25, 0.3) is 10.0 Å². The summed E-state index contributed by atoms with van der Waals surface area (Å²) in [5, 5.41) is 13.6. The monoisotopic (exact) mass is 638 g/mol. The van der Waals surface area contributed by atoms with E-state index in [-0.39, 0.29) is 46.9 Å². The smallest absolute Gasteiger partial charge is 0.416 e. The zero-order valence-electron chi connectivity index (χ0n) is 25.2. The molecule has 0 unspecified atom stereocenters. The van der Waals surface area contributed by atoms with Gasteiger partial charge in [-0.3, -0.25) is 14.4 Å². The highest BCUT2D eigenvalue weighted by molar-refractivity contribution is 7.92. The average Bonchev–Trinajstić information content (AvgIpc) is 3.31. The molecule has 0 radical (unpaired) electrons. The number of sulfonamides is 1. The summed E-state index contributed by atoms with van der Waals surface area (Å²) < 4.78 is 79.2. The predicted octanol–water partition coefficient (Wildman–Crippen LogP) is 4.39. The number of ether oxygens (including phenoxy) is 1. The van der Waals surface area contributed by atoms with Gasteiger partial charge in [-0.1, -0.05) is 24.2 Å². The summed E-state index contributed by atoms with van der Waals surface area (Å²) in [5.41, 5.74) is 0.850. The number of alkyl halides is 3. The lowest BCUT2D eigenvalue weighted by molar-refractivity contribution is -0.137. The molecule has 0 aliphatic carbocycles. The Kier molecular flexibility index (Phi) is 9.96. The van der Waals surface area contributed by atoms with E-state index in [0.29, 0.717) is 36.5 Å². The fourth-order valence-electron chi connectivity index (χ4n) is 5.26. The van der Waals surface area contributed by atoms with Crippen LogP contribution in [0.4, 0.5) is 18.9 Å². The highest BCUT2D eigenvalue weighted by Crippen LogP contribution is 2.32. The van der Waals surface area contributed by atoms with Crippen LogP contribution in [0, 0.1) is 19.8 Å². The summed E-state index contributed by atoms with van der Waals surface area (Å²) in [6.45, 7) is 7.46. The Morgan fingerprint density at radius 3 is 2.45 bits per heavy atom. The van der Waals surface area contributed by atoms with Crippen LogP contribution >= 0.6 is 0 Å². The second-order valence-corrected chi connectivity index (χ2v) is 13.0. The maximum Gasteiger partial charge on any atom is 0.416 e. The second-order valence-electron chi connectivity index (χ2n) is 11.4. The molecule has 0 spiro atoms. The fourth-order valence-corrected chi connectivity index (χ4v) is 6.64. The first-order valence-electron chi connectivity index (χ1n) is 14.1. The number of nitrogens with zero attached hydrogens (tertiary/aromatic N) is 3. The summed E-state index contributed by atoms with van der Waals surface area (Å²) in [5.74, 6) is 0.0819. The first kappa shape index (κ1) is 33.3. The summed E-state index contributed by atoms with van der Waals surface area (Å²) in [4.78, 5) is 16.9. The van der Waals surface area contributed by atoms with Gasteiger partial charge in [-0.2, -0.15) is 13.2 Å². The van der Waals surface area contributed by atoms with Crippen LogP contribution in [0.25, 0.3) is 0 Å². The van der Waals surface area contributed by atoms with Crippen LogP contribution in [0.1, 0.15) is 42.0 Å². The average molecular weight is 639 g/mol. The SMILES string of the molecule is Cc1noc(C)c1S(=O)(=O)Nc1ccc2c(c1)CC(=O)N([C@@H](C)CO)C[C@H](C)[C@@H](CN(C)Cc1ccc(C(F)(F)F)cc1)O2. The molecular weight excluding hydrogens is 601 g/mol. The van der Waals surface area contributed by atoms with Crippen LogP contribution in [0.2, 0.25) is 0 Å². The van der Waals surface area contributed by atoms with Crippen LogP contribution in [0.5, 0.6) is 5.75 Å². The van der Waals surface area contributed by atoms with E-state index < -0.39 is 33.9 Å². The largest absolute Gasteiger partial charge is 0.488 e. The van der Waals surface area contributed by atoms with Crippen molar-refractivity contribution in [2.24, 2.45) is 5.92 Å². The predicted molar refractivity (Wildman–Crippen MR) is 157 cm³/mol. The molecule has 14 heteroatoms. The lowest BCUT2D eigenvalue weighted by Gasteiger charge is -2.34. The highest BCUT2D eigenvalue weighted by Gasteiger charge is 2.32. The van der Waals surface area contributed by atoms with Gasteiger partial charge < -0.3 is 19.3 Å². The maximum atomic E-state index is 13.5. The Morgan fingerprint density at radius 1 is 1.18 bits per heavy atom. The number of nitrogens with one attached hydrogen (secondary N) is 1. The summed E-state index contributed by atoms with van der Waals surface area (Å²) in [6.07, 6.45) is -4.97.